The molecule has 0 aliphatic rings. The Bertz CT molecular complexity index is 604. The van der Waals surface area contributed by atoms with Gasteiger partial charge in [0.25, 0.3) is 0 Å². The van der Waals surface area contributed by atoms with Crippen LogP contribution < -0.4 is 10.6 Å². The first kappa shape index (κ1) is 16.8. The molecule has 22 heavy (non-hydrogen) atoms. The van der Waals surface area contributed by atoms with Crippen molar-refractivity contribution in [2.24, 2.45) is 0 Å². The molecule has 0 amide bonds. The van der Waals surface area contributed by atoms with E-state index in [0.29, 0.717) is 10.0 Å². The molecule has 2 N–H and O–H groups in total. The number of nitrogens with one attached hydrogen (secondary N) is 2. The summed E-state index contributed by atoms with van der Waals surface area (Å²) in [4.78, 5) is 8.42. The molecule has 118 valence electrons. The van der Waals surface area contributed by atoms with Crippen LogP contribution in [0.2, 0.25) is 10.0 Å². The Kier molecular flexibility index (Phi) is 6.74. The van der Waals surface area contributed by atoms with Crippen molar-refractivity contribution < 1.29 is 0 Å². The summed E-state index contributed by atoms with van der Waals surface area (Å²) in [6, 6.07) is 7.48. The molecule has 1 aromatic carbocycles. The summed E-state index contributed by atoms with van der Waals surface area (Å²) in [6.45, 7) is 3.83. The van der Waals surface area contributed by atoms with Gasteiger partial charge in [0.05, 0.1) is 0 Å². The number of nitrogens with zero attached hydrogens (tertiary/aromatic N) is 2. The molecule has 2 aromatic rings. The van der Waals surface area contributed by atoms with Crippen LogP contribution in [0.4, 0.5) is 11.6 Å². The number of rotatable bonds is 8. The first-order chi connectivity index (χ1) is 10.7. The molecule has 0 unspecified atom stereocenters. The number of unbranched alkanes of at least 4 members (excludes halogenated alkanes) is 1. The quantitative estimate of drug-likeness (QED) is 0.688. The van der Waals surface area contributed by atoms with Crippen LogP contribution in [0.1, 0.15) is 25.3 Å². The molecule has 0 spiro atoms. The van der Waals surface area contributed by atoms with Crippen LogP contribution in [0.3, 0.4) is 0 Å². The third-order valence-corrected chi connectivity index (χ3v) is 3.81. The van der Waals surface area contributed by atoms with E-state index in [9.17, 15) is 0 Å². The topological polar surface area (TPSA) is 49.8 Å². The molecule has 1 heterocycles. The van der Waals surface area contributed by atoms with E-state index in [-0.39, 0.29) is 0 Å². The molecule has 0 radical (unpaired) electrons. The van der Waals surface area contributed by atoms with Gasteiger partial charge in [-0.3, -0.25) is 0 Å². The van der Waals surface area contributed by atoms with Crippen molar-refractivity contribution in [3.63, 3.8) is 0 Å². The SMILES string of the molecule is CCCCNc1cc(NCCc2ccc(Cl)cc2Cl)ncn1. The van der Waals surface area contributed by atoms with E-state index in [0.717, 1.165) is 49.6 Å². The second-order valence-corrected chi connectivity index (χ2v) is 5.82. The van der Waals surface area contributed by atoms with Gasteiger partial charge < -0.3 is 10.6 Å². The summed E-state index contributed by atoms with van der Waals surface area (Å²) >= 11 is 12.1. The van der Waals surface area contributed by atoms with Gasteiger partial charge in [0.2, 0.25) is 0 Å². The summed E-state index contributed by atoms with van der Waals surface area (Å²) in [5.74, 6) is 1.65. The van der Waals surface area contributed by atoms with Crippen LogP contribution in [-0.2, 0) is 6.42 Å². The van der Waals surface area contributed by atoms with E-state index in [4.69, 9.17) is 23.2 Å². The van der Waals surface area contributed by atoms with Crippen LogP contribution in [0.25, 0.3) is 0 Å². The Morgan fingerprint density at radius 2 is 1.73 bits per heavy atom. The number of benzene rings is 1. The highest BCUT2D eigenvalue weighted by Crippen LogP contribution is 2.21. The van der Waals surface area contributed by atoms with Gasteiger partial charge in [-0.1, -0.05) is 42.6 Å². The van der Waals surface area contributed by atoms with E-state index in [1.165, 1.54) is 0 Å². The van der Waals surface area contributed by atoms with Crippen molar-refractivity contribution in [3.05, 3.63) is 46.2 Å². The van der Waals surface area contributed by atoms with Crippen molar-refractivity contribution >= 4 is 34.8 Å². The molecule has 4 nitrogen and oxygen atoms in total. The summed E-state index contributed by atoms with van der Waals surface area (Å²) in [6.07, 6.45) is 4.65. The molecule has 0 bridgehead atoms. The van der Waals surface area contributed by atoms with E-state index < -0.39 is 0 Å². The van der Waals surface area contributed by atoms with E-state index in [1.807, 2.05) is 18.2 Å². The number of hydrogen-bond acceptors (Lipinski definition) is 4. The molecule has 1 aromatic heterocycles. The lowest BCUT2D eigenvalue weighted by Gasteiger charge is -2.09. The predicted molar refractivity (Wildman–Crippen MR) is 94.1 cm³/mol. The monoisotopic (exact) mass is 338 g/mol. The summed E-state index contributed by atoms with van der Waals surface area (Å²) < 4.78 is 0. The van der Waals surface area contributed by atoms with Crippen molar-refractivity contribution in [3.8, 4) is 0 Å². The maximum Gasteiger partial charge on any atom is 0.131 e. The Morgan fingerprint density at radius 3 is 2.41 bits per heavy atom. The fourth-order valence-electron chi connectivity index (χ4n) is 1.99. The lowest BCUT2D eigenvalue weighted by atomic mass is 10.1. The number of anilines is 2. The van der Waals surface area contributed by atoms with Crippen LogP contribution in [0.5, 0.6) is 0 Å². The van der Waals surface area contributed by atoms with Gasteiger partial charge in [-0.05, 0) is 30.5 Å². The largest absolute Gasteiger partial charge is 0.370 e. The smallest absolute Gasteiger partial charge is 0.131 e. The highest BCUT2D eigenvalue weighted by atomic mass is 35.5. The molecule has 0 aliphatic carbocycles. The number of aromatic nitrogens is 2. The van der Waals surface area contributed by atoms with Crippen molar-refractivity contribution in [1.82, 2.24) is 9.97 Å². The maximum absolute atomic E-state index is 6.16. The molecule has 0 aliphatic heterocycles. The predicted octanol–water partition coefficient (Wildman–Crippen LogP) is 4.65. The van der Waals surface area contributed by atoms with Crippen molar-refractivity contribution in [2.75, 3.05) is 23.7 Å². The molecule has 6 heteroatoms. The van der Waals surface area contributed by atoms with E-state index in [1.54, 1.807) is 12.4 Å². The zero-order valence-electron chi connectivity index (χ0n) is 12.6. The van der Waals surface area contributed by atoms with Gasteiger partial charge in [-0.15, -0.1) is 0 Å². The minimum atomic E-state index is 0.653. The fourth-order valence-corrected chi connectivity index (χ4v) is 2.50. The van der Waals surface area contributed by atoms with Crippen molar-refractivity contribution in [2.45, 2.75) is 26.2 Å². The highest BCUT2D eigenvalue weighted by molar-refractivity contribution is 6.35. The lowest BCUT2D eigenvalue weighted by molar-refractivity contribution is 0.830. The summed E-state index contributed by atoms with van der Waals surface area (Å²) in [5, 5.41) is 7.91. The first-order valence-corrected chi connectivity index (χ1v) is 8.18. The molecule has 0 saturated heterocycles. The maximum atomic E-state index is 6.16. The normalized spacial score (nSPS) is 10.5. The molecule has 0 fully saturated rings. The third-order valence-electron chi connectivity index (χ3n) is 3.22. The van der Waals surface area contributed by atoms with E-state index in [2.05, 4.69) is 27.5 Å². The Morgan fingerprint density at radius 1 is 1.00 bits per heavy atom. The molecular weight excluding hydrogens is 319 g/mol. The highest BCUT2D eigenvalue weighted by Gasteiger charge is 2.02. The van der Waals surface area contributed by atoms with Gasteiger partial charge in [-0.2, -0.15) is 0 Å². The van der Waals surface area contributed by atoms with E-state index >= 15 is 0 Å². The zero-order chi connectivity index (χ0) is 15.8. The average Bonchev–Trinajstić information content (AvgIpc) is 2.50. The van der Waals surface area contributed by atoms with Crippen LogP contribution >= 0.6 is 23.2 Å². The molecule has 0 atom stereocenters. The van der Waals surface area contributed by atoms with Crippen molar-refractivity contribution in [1.29, 1.82) is 0 Å². The lowest BCUT2D eigenvalue weighted by Crippen LogP contribution is -2.08. The standard InChI is InChI=1S/C16H20Cl2N4/c1-2-3-7-19-15-10-16(22-11-21-15)20-8-6-12-4-5-13(17)9-14(12)18/h4-5,9-11H,2-3,6-8H2,1H3,(H2,19,20,21,22). The van der Waals surface area contributed by atoms with Gasteiger partial charge in [0, 0.05) is 29.2 Å². The fraction of sp³-hybridized carbons (Fsp3) is 0.375. The zero-order valence-corrected chi connectivity index (χ0v) is 14.1. The average molecular weight is 339 g/mol. The number of halogens is 2. The summed E-state index contributed by atoms with van der Waals surface area (Å²) in [5.41, 5.74) is 1.06. The minimum absolute atomic E-state index is 0.653. The van der Waals surface area contributed by atoms with Crippen LogP contribution in [0.15, 0.2) is 30.6 Å². The van der Waals surface area contributed by atoms with Gasteiger partial charge in [0.15, 0.2) is 0 Å². The van der Waals surface area contributed by atoms with Gasteiger partial charge >= 0.3 is 0 Å². The van der Waals surface area contributed by atoms with Crippen LogP contribution in [-0.4, -0.2) is 23.1 Å². The van der Waals surface area contributed by atoms with Gasteiger partial charge in [-0.25, -0.2) is 9.97 Å². The number of hydrogen-bond donors (Lipinski definition) is 2. The Hall–Kier alpha value is -1.52. The second-order valence-electron chi connectivity index (χ2n) is 4.98. The Balaban J connectivity index is 1.84. The molecule has 0 saturated carbocycles. The van der Waals surface area contributed by atoms with Gasteiger partial charge in [0.1, 0.15) is 18.0 Å². The molecular formula is C16H20Cl2N4. The molecule has 2 rings (SSSR count). The van der Waals surface area contributed by atoms with Crippen LogP contribution in [0, 0.1) is 0 Å². The summed E-state index contributed by atoms with van der Waals surface area (Å²) in [7, 11) is 0. The minimum Gasteiger partial charge on any atom is -0.370 e. The Labute approximate surface area is 141 Å². The first-order valence-electron chi connectivity index (χ1n) is 7.42. The third kappa shape index (κ3) is 5.35. The second kappa shape index (κ2) is 8.81.